The fourth-order valence-electron chi connectivity index (χ4n) is 3.38. The maximum absolute atomic E-state index is 4.90. The molecule has 4 rings (SSSR count). The van der Waals surface area contributed by atoms with Crippen LogP contribution in [0, 0.1) is 12.4 Å². The molecule has 0 radical (unpaired) electrons. The first-order chi connectivity index (χ1) is 10.8. The van der Waals surface area contributed by atoms with E-state index in [0.29, 0.717) is 0 Å². The molecule has 1 aliphatic rings. The van der Waals surface area contributed by atoms with Crippen molar-refractivity contribution in [3.8, 4) is 0 Å². The van der Waals surface area contributed by atoms with Crippen LogP contribution < -0.4 is 9.86 Å². The predicted octanol–water partition coefficient (Wildman–Crippen LogP) is 2.07. The molecule has 2 aromatic heterocycles. The molecule has 0 fully saturated rings. The van der Waals surface area contributed by atoms with Crippen LogP contribution in [0.3, 0.4) is 0 Å². The largest absolute Gasteiger partial charge is 0.354 e. The smallest absolute Gasteiger partial charge is 0.286 e. The third-order valence-electron chi connectivity index (χ3n) is 4.47. The molecule has 1 aromatic carbocycles. The molecule has 0 saturated heterocycles. The highest BCUT2D eigenvalue weighted by atomic mass is 15.2. The zero-order chi connectivity index (χ0) is 15.1. The summed E-state index contributed by atoms with van der Waals surface area (Å²) in [5, 5.41) is 0. The second-order valence-corrected chi connectivity index (χ2v) is 5.99. The quantitative estimate of drug-likeness (QED) is 0.568. The van der Waals surface area contributed by atoms with Crippen LogP contribution in [-0.4, -0.2) is 15.7 Å². The average Bonchev–Trinajstić information content (AvgIpc) is 2.68. The van der Waals surface area contributed by atoms with E-state index in [1.54, 1.807) is 0 Å². The zero-order valence-corrected chi connectivity index (χ0v) is 13.2. The van der Waals surface area contributed by atoms with E-state index in [2.05, 4.69) is 69.9 Å². The van der Waals surface area contributed by atoms with Crippen LogP contribution in [0.2, 0.25) is 0 Å². The SMILES string of the molecule is Cc1cccc2c1/[n+](=c1/ccccn1C)c1n2CCCCN=1. The number of nitrogens with zero attached hydrogens (tertiary/aromatic N) is 4. The van der Waals surface area contributed by atoms with Crippen molar-refractivity contribution in [1.82, 2.24) is 9.13 Å². The summed E-state index contributed by atoms with van der Waals surface area (Å²) in [6.45, 7) is 4.13. The molecule has 4 nitrogen and oxygen atoms in total. The number of para-hydroxylation sites is 1. The molecule has 0 saturated carbocycles. The number of fused-ring (bicyclic) bond motifs is 3. The van der Waals surface area contributed by atoms with Crippen LogP contribution in [0.15, 0.2) is 47.6 Å². The molecule has 22 heavy (non-hydrogen) atoms. The molecular weight excluding hydrogens is 272 g/mol. The second-order valence-electron chi connectivity index (χ2n) is 5.99. The third-order valence-corrected chi connectivity index (χ3v) is 4.47. The first-order valence-corrected chi connectivity index (χ1v) is 7.94. The lowest BCUT2D eigenvalue weighted by Gasteiger charge is -1.98. The van der Waals surface area contributed by atoms with Gasteiger partial charge in [0.25, 0.3) is 0 Å². The van der Waals surface area contributed by atoms with Crippen molar-refractivity contribution in [2.24, 2.45) is 12.0 Å². The Bertz CT molecular complexity index is 1010. The van der Waals surface area contributed by atoms with Gasteiger partial charge in [-0.1, -0.05) is 18.2 Å². The Balaban J connectivity index is 2.40. The van der Waals surface area contributed by atoms with Crippen molar-refractivity contribution in [3.05, 3.63) is 59.3 Å². The fraction of sp³-hybridized carbons (Fsp3) is 0.333. The van der Waals surface area contributed by atoms with E-state index < -0.39 is 0 Å². The Morgan fingerprint density at radius 2 is 2.00 bits per heavy atom. The van der Waals surface area contributed by atoms with Crippen molar-refractivity contribution in [2.75, 3.05) is 6.54 Å². The van der Waals surface area contributed by atoms with Crippen molar-refractivity contribution in [2.45, 2.75) is 26.3 Å². The van der Waals surface area contributed by atoms with Gasteiger partial charge in [0, 0.05) is 19.3 Å². The molecular formula is C18H21N4+. The summed E-state index contributed by atoms with van der Waals surface area (Å²) < 4.78 is 6.85. The first-order valence-electron chi connectivity index (χ1n) is 7.94. The van der Waals surface area contributed by atoms with Gasteiger partial charge in [-0.15, -0.1) is 4.99 Å². The number of aryl methyl sites for hydroxylation is 3. The summed E-state index contributed by atoms with van der Waals surface area (Å²) in [6.07, 6.45) is 4.44. The van der Waals surface area contributed by atoms with Crippen LogP contribution in [0.5, 0.6) is 0 Å². The van der Waals surface area contributed by atoms with Gasteiger partial charge in [-0.3, -0.25) is 4.57 Å². The van der Waals surface area contributed by atoms with Gasteiger partial charge in [0.05, 0.1) is 13.1 Å². The minimum Gasteiger partial charge on any atom is -0.286 e. The van der Waals surface area contributed by atoms with Crippen LogP contribution >= 0.6 is 0 Å². The molecule has 0 N–H and O–H groups in total. The van der Waals surface area contributed by atoms with E-state index >= 15 is 0 Å². The van der Waals surface area contributed by atoms with E-state index in [1.807, 2.05) is 0 Å². The topological polar surface area (TPSA) is 28.1 Å². The molecule has 112 valence electrons. The van der Waals surface area contributed by atoms with Gasteiger partial charge in [0.2, 0.25) is 5.49 Å². The second kappa shape index (κ2) is 5.13. The minimum absolute atomic E-state index is 0.909. The number of pyridine rings is 1. The van der Waals surface area contributed by atoms with Gasteiger partial charge < -0.3 is 0 Å². The Labute approximate surface area is 129 Å². The summed E-state index contributed by atoms with van der Waals surface area (Å²) in [6, 6.07) is 12.9. The Morgan fingerprint density at radius 1 is 1.09 bits per heavy atom. The number of rotatable bonds is 0. The lowest BCUT2D eigenvalue weighted by atomic mass is 10.2. The van der Waals surface area contributed by atoms with Gasteiger partial charge in [-0.2, -0.15) is 4.24 Å². The first kappa shape index (κ1) is 13.3. The highest BCUT2D eigenvalue weighted by Gasteiger charge is 2.18. The Kier molecular flexibility index (Phi) is 3.10. The van der Waals surface area contributed by atoms with E-state index in [0.717, 1.165) is 30.6 Å². The maximum Gasteiger partial charge on any atom is 0.354 e. The van der Waals surface area contributed by atoms with E-state index in [4.69, 9.17) is 4.99 Å². The summed E-state index contributed by atoms with van der Waals surface area (Å²) in [5.74, 6) is 0. The standard InChI is InChI=1S/C18H21N4/c1-14-8-7-9-15-17(14)22(16-10-3-5-12-20(16)2)18-19-11-4-6-13-21(15)18/h3,5,7-10,12H,4,6,11,13H2,1-2H3/q+1. The molecule has 0 unspecified atom stereocenters. The van der Waals surface area contributed by atoms with E-state index in [9.17, 15) is 0 Å². The van der Waals surface area contributed by atoms with Gasteiger partial charge >= 0.3 is 5.62 Å². The van der Waals surface area contributed by atoms with Crippen LogP contribution in [0.4, 0.5) is 0 Å². The average molecular weight is 293 g/mol. The number of benzene rings is 1. The molecule has 3 aromatic rings. The zero-order valence-electron chi connectivity index (χ0n) is 13.2. The van der Waals surface area contributed by atoms with E-state index in [-0.39, 0.29) is 0 Å². The van der Waals surface area contributed by atoms with Gasteiger partial charge in [-0.05, 0) is 37.5 Å². The summed E-state index contributed by atoms with van der Waals surface area (Å²) >= 11 is 0. The fourth-order valence-corrected chi connectivity index (χ4v) is 3.38. The van der Waals surface area contributed by atoms with Gasteiger partial charge in [-0.25, -0.2) is 4.57 Å². The lowest BCUT2D eigenvalue weighted by Crippen LogP contribution is -2.41. The Hall–Kier alpha value is -2.36. The minimum atomic E-state index is 0.909. The summed E-state index contributed by atoms with van der Waals surface area (Å²) in [4.78, 5) is 4.90. The van der Waals surface area contributed by atoms with Crippen LogP contribution in [0.1, 0.15) is 18.4 Å². The lowest BCUT2D eigenvalue weighted by molar-refractivity contribution is -0.507. The highest BCUT2D eigenvalue weighted by molar-refractivity contribution is 5.75. The Morgan fingerprint density at radius 3 is 2.86 bits per heavy atom. The molecule has 1 aliphatic heterocycles. The molecule has 0 atom stereocenters. The monoisotopic (exact) mass is 293 g/mol. The third kappa shape index (κ3) is 1.90. The predicted molar refractivity (Wildman–Crippen MR) is 86.2 cm³/mol. The molecule has 0 bridgehead atoms. The molecule has 0 spiro atoms. The summed E-state index contributed by atoms with van der Waals surface area (Å²) in [5.41, 5.74) is 6.07. The summed E-state index contributed by atoms with van der Waals surface area (Å²) in [7, 11) is 2.09. The normalized spacial score (nSPS) is 16.1. The molecule has 4 heteroatoms. The number of aromatic nitrogens is 3. The number of imidazole rings is 1. The van der Waals surface area contributed by atoms with Crippen molar-refractivity contribution < 1.29 is 4.24 Å². The number of hydrogen-bond donors (Lipinski definition) is 0. The van der Waals surface area contributed by atoms with Gasteiger partial charge in [0.15, 0.2) is 0 Å². The maximum atomic E-state index is 4.90. The highest BCUT2D eigenvalue weighted by Crippen LogP contribution is 2.14. The molecule has 0 amide bonds. The van der Waals surface area contributed by atoms with Crippen molar-refractivity contribution >= 4 is 11.0 Å². The molecule has 0 aliphatic carbocycles. The van der Waals surface area contributed by atoms with Crippen LogP contribution in [0.25, 0.3) is 11.0 Å². The number of hydrogen-bond acceptors (Lipinski definition) is 1. The van der Waals surface area contributed by atoms with Crippen molar-refractivity contribution in [3.63, 3.8) is 0 Å². The van der Waals surface area contributed by atoms with E-state index in [1.165, 1.54) is 23.0 Å². The molecule has 3 heterocycles. The van der Waals surface area contributed by atoms with Gasteiger partial charge in [0.1, 0.15) is 11.0 Å². The van der Waals surface area contributed by atoms with Crippen LogP contribution in [-0.2, 0) is 13.6 Å². The van der Waals surface area contributed by atoms with Crippen molar-refractivity contribution in [1.29, 1.82) is 0 Å².